The van der Waals surface area contributed by atoms with Gasteiger partial charge in [0, 0.05) is 18.6 Å². The van der Waals surface area contributed by atoms with Crippen molar-refractivity contribution in [3.63, 3.8) is 0 Å². The molecule has 0 amide bonds. The van der Waals surface area contributed by atoms with Crippen molar-refractivity contribution in [2.75, 3.05) is 25.6 Å². The summed E-state index contributed by atoms with van der Waals surface area (Å²) < 4.78 is 0. The minimum Gasteiger partial charge on any atom is -0.329 e. The van der Waals surface area contributed by atoms with Gasteiger partial charge in [-0.2, -0.15) is 11.8 Å². The van der Waals surface area contributed by atoms with Gasteiger partial charge in [-0.25, -0.2) is 0 Å². The molecule has 2 unspecified atom stereocenters. The van der Waals surface area contributed by atoms with E-state index in [4.69, 9.17) is 5.73 Å². The van der Waals surface area contributed by atoms with E-state index in [1.54, 1.807) is 0 Å². The van der Waals surface area contributed by atoms with Gasteiger partial charge in [-0.1, -0.05) is 19.8 Å². The van der Waals surface area contributed by atoms with Crippen LogP contribution in [0.5, 0.6) is 0 Å². The lowest BCUT2D eigenvalue weighted by molar-refractivity contribution is 0.103. The van der Waals surface area contributed by atoms with Crippen LogP contribution in [-0.2, 0) is 0 Å². The second kappa shape index (κ2) is 8.44. The van der Waals surface area contributed by atoms with Crippen molar-refractivity contribution in [3.8, 4) is 0 Å². The van der Waals surface area contributed by atoms with Crippen LogP contribution in [0.3, 0.4) is 0 Å². The van der Waals surface area contributed by atoms with E-state index in [1.807, 2.05) is 11.8 Å². The Balaban J connectivity index is 2.48. The first-order chi connectivity index (χ1) is 8.60. The Hall–Kier alpha value is 0.270. The largest absolute Gasteiger partial charge is 0.329 e. The minimum absolute atomic E-state index is 0.592. The molecule has 0 bridgehead atoms. The maximum atomic E-state index is 6.06. The monoisotopic (exact) mass is 272 g/mol. The molecule has 1 rings (SSSR count). The molecular formula is C15H32N2S. The Kier molecular flexibility index (Phi) is 7.66. The van der Waals surface area contributed by atoms with Gasteiger partial charge < -0.3 is 5.73 Å². The van der Waals surface area contributed by atoms with Gasteiger partial charge in [0.1, 0.15) is 0 Å². The number of hydrogen-bond acceptors (Lipinski definition) is 3. The average Bonchev–Trinajstić information content (AvgIpc) is 2.38. The molecule has 0 aromatic carbocycles. The fourth-order valence-corrected chi connectivity index (χ4v) is 3.76. The third-order valence-electron chi connectivity index (χ3n) is 4.80. The van der Waals surface area contributed by atoms with Crippen LogP contribution in [0.15, 0.2) is 0 Å². The Morgan fingerprint density at radius 2 is 1.89 bits per heavy atom. The molecule has 0 radical (unpaired) electrons. The van der Waals surface area contributed by atoms with Crippen LogP contribution < -0.4 is 5.73 Å². The normalized spacial score (nSPS) is 28.3. The van der Waals surface area contributed by atoms with Crippen LogP contribution >= 0.6 is 11.8 Å². The lowest BCUT2D eigenvalue weighted by atomic mass is 9.78. The fraction of sp³-hybridized carbons (Fsp3) is 1.00. The molecule has 1 aliphatic rings. The first kappa shape index (κ1) is 16.3. The van der Waals surface area contributed by atoms with E-state index in [1.165, 1.54) is 37.9 Å². The van der Waals surface area contributed by atoms with Gasteiger partial charge in [0.05, 0.1) is 0 Å². The van der Waals surface area contributed by atoms with Gasteiger partial charge in [0.15, 0.2) is 0 Å². The van der Waals surface area contributed by atoms with E-state index in [9.17, 15) is 0 Å². The van der Waals surface area contributed by atoms with Crippen LogP contribution in [0.1, 0.15) is 46.0 Å². The van der Waals surface area contributed by atoms with E-state index in [0.717, 1.165) is 18.4 Å². The quantitative estimate of drug-likeness (QED) is 0.771. The molecule has 0 aliphatic heterocycles. The lowest BCUT2D eigenvalue weighted by Crippen LogP contribution is -2.48. The highest BCUT2D eigenvalue weighted by Crippen LogP contribution is 2.32. The van der Waals surface area contributed by atoms with Crippen molar-refractivity contribution in [2.24, 2.45) is 17.6 Å². The molecule has 2 atom stereocenters. The summed E-state index contributed by atoms with van der Waals surface area (Å²) in [5, 5.41) is 0. The molecule has 1 saturated carbocycles. The molecular weight excluding hydrogens is 240 g/mol. The van der Waals surface area contributed by atoms with Gasteiger partial charge in [-0.3, -0.25) is 4.90 Å². The number of rotatable bonds is 7. The van der Waals surface area contributed by atoms with Gasteiger partial charge >= 0.3 is 0 Å². The SMILES string of the molecule is CSCCC(C)N(C)C(CN)C1CCC(C)CC1. The van der Waals surface area contributed by atoms with Crippen molar-refractivity contribution in [1.82, 2.24) is 4.90 Å². The van der Waals surface area contributed by atoms with Crippen LogP contribution in [0.4, 0.5) is 0 Å². The van der Waals surface area contributed by atoms with Gasteiger partial charge in [0.2, 0.25) is 0 Å². The molecule has 1 aliphatic carbocycles. The molecule has 108 valence electrons. The summed E-state index contributed by atoms with van der Waals surface area (Å²) in [6, 6.07) is 1.25. The summed E-state index contributed by atoms with van der Waals surface area (Å²) in [7, 11) is 2.28. The Morgan fingerprint density at radius 3 is 2.39 bits per heavy atom. The number of nitrogens with zero attached hydrogens (tertiary/aromatic N) is 1. The molecule has 2 nitrogen and oxygen atoms in total. The standard InChI is InChI=1S/C15H32N2S/c1-12-5-7-14(8-6-12)15(11-16)17(3)13(2)9-10-18-4/h12-15H,5-11,16H2,1-4H3. The highest BCUT2D eigenvalue weighted by Gasteiger charge is 2.29. The number of hydrogen-bond donors (Lipinski definition) is 1. The molecule has 3 heteroatoms. The van der Waals surface area contributed by atoms with Crippen molar-refractivity contribution in [3.05, 3.63) is 0 Å². The molecule has 0 heterocycles. The third kappa shape index (κ3) is 4.75. The zero-order chi connectivity index (χ0) is 13.5. The predicted molar refractivity (Wildman–Crippen MR) is 84.2 cm³/mol. The maximum Gasteiger partial charge on any atom is 0.0246 e. The minimum atomic E-state index is 0.592. The molecule has 0 spiro atoms. The molecule has 1 fully saturated rings. The summed E-state index contributed by atoms with van der Waals surface area (Å²) in [6.07, 6.45) is 9.01. The molecule has 0 saturated heterocycles. The molecule has 0 aromatic rings. The maximum absolute atomic E-state index is 6.06. The highest BCUT2D eigenvalue weighted by molar-refractivity contribution is 7.98. The van der Waals surface area contributed by atoms with Crippen LogP contribution in [0.25, 0.3) is 0 Å². The van der Waals surface area contributed by atoms with E-state index in [2.05, 4.69) is 32.1 Å². The smallest absolute Gasteiger partial charge is 0.0246 e. The fourth-order valence-electron chi connectivity index (χ4n) is 3.18. The van der Waals surface area contributed by atoms with Crippen LogP contribution in [0, 0.1) is 11.8 Å². The molecule has 0 aromatic heterocycles. The summed E-state index contributed by atoms with van der Waals surface area (Å²) in [5.41, 5.74) is 6.06. The molecule has 2 N–H and O–H groups in total. The number of nitrogens with two attached hydrogens (primary N) is 1. The van der Waals surface area contributed by atoms with Crippen molar-refractivity contribution < 1.29 is 0 Å². The zero-order valence-corrected chi connectivity index (χ0v) is 13.5. The predicted octanol–water partition coefficient (Wildman–Crippen LogP) is 3.21. The highest BCUT2D eigenvalue weighted by atomic mass is 32.2. The third-order valence-corrected chi connectivity index (χ3v) is 5.45. The van der Waals surface area contributed by atoms with Crippen molar-refractivity contribution in [1.29, 1.82) is 0 Å². The van der Waals surface area contributed by atoms with Crippen LogP contribution in [0.2, 0.25) is 0 Å². The first-order valence-corrected chi connectivity index (χ1v) is 8.90. The van der Waals surface area contributed by atoms with Crippen LogP contribution in [-0.4, -0.2) is 42.6 Å². The Labute approximate surface area is 118 Å². The summed E-state index contributed by atoms with van der Waals surface area (Å²) >= 11 is 1.94. The Bertz CT molecular complexity index is 215. The summed E-state index contributed by atoms with van der Waals surface area (Å²) in [6.45, 7) is 5.56. The van der Waals surface area contributed by atoms with Crippen molar-refractivity contribution >= 4 is 11.8 Å². The van der Waals surface area contributed by atoms with Gasteiger partial charge in [-0.05, 0) is 57.1 Å². The van der Waals surface area contributed by atoms with E-state index in [-0.39, 0.29) is 0 Å². The number of thioether (sulfide) groups is 1. The lowest BCUT2D eigenvalue weighted by Gasteiger charge is -2.40. The Morgan fingerprint density at radius 1 is 1.28 bits per heavy atom. The van der Waals surface area contributed by atoms with Crippen molar-refractivity contribution in [2.45, 2.75) is 58.0 Å². The average molecular weight is 273 g/mol. The second-order valence-corrected chi connectivity index (χ2v) is 7.10. The van der Waals surface area contributed by atoms with Gasteiger partial charge in [0.25, 0.3) is 0 Å². The van der Waals surface area contributed by atoms with E-state index < -0.39 is 0 Å². The topological polar surface area (TPSA) is 29.3 Å². The second-order valence-electron chi connectivity index (χ2n) is 6.12. The zero-order valence-electron chi connectivity index (χ0n) is 12.7. The van der Waals surface area contributed by atoms with E-state index >= 15 is 0 Å². The number of likely N-dealkylation sites (N-methyl/N-ethyl adjacent to an activating group) is 1. The van der Waals surface area contributed by atoms with Gasteiger partial charge in [-0.15, -0.1) is 0 Å². The first-order valence-electron chi connectivity index (χ1n) is 7.51. The molecule has 18 heavy (non-hydrogen) atoms. The summed E-state index contributed by atoms with van der Waals surface area (Å²) in [5.74, 6) is 3.01. The summed E-state index contributed by atoms with van der Waals surface area (Å²) in [4.78, 5) is 2.55. The van der Waals surface area contributed by atoms with E-state index in [0.29, 0.717) is 12.1 Å².